The van der Waals surface area contributed by atoms with Crippen LogP contribution in [0.25, 0.3) is 10.9 Å². The first kappa shape index (κ1) is 22.4. The van der Waals surface area contributed by atoms with Gasteiger partial charge in [0.2, 0.25) is 0 Å². The van der Waals surface area contributed by atoms with Crippen LogP contribution in [0, 0.1) is 13.8 Å². The van der Waals surface area contributed by atoms with E-state index in [2.05, 4.69) is 11.1 Å². The van der Waals surface area contributed by atoms with Crippen molar-refractivity contribution >= 4 is 34.4 Å². The summed E-state index contributed by atoms with van der Waals surface area (Å²) in [7, 11) is 0. The molecule has 1 atom stereocenters. The van der Waals surface area contributed by atoms with Gasteiger partial charge in [0.1, 0.15) is 12.4 Å². The second-order valence-electron chi connectivity index (χ2n) is 7.28. The van der Waals surface area contributed by atoms with Gasteiger partial charge in [0.05, 0.1) is 10.6 Å². The molecule has 0 aliphatic carbocycles. The van der Waals surface area contributed by atoms with E-state index in [0.29, 0.717) is 22.9 Å². The highest BCUT2D eigenvalue weighted by atomic mass is 35.5. The predicted molar refractivity (Wildman–Crippen MR) is 120 cm³/mol. The maximum atomic E-state index is 12.2. The Morgan fingerprint density at radius 2 is 1.97 bits per heavy atom. The van der Waals surface area contributed by atoms with Crippen molar-refractivity contribution in [3.63, 3.8) is 0 Å². The van der Waals surface area contributed by atoms with Crippen molar-refractivity contribution < 1.29 is 24.2 Å². The van der Waals surface area contributed by atoms with Gasteiger partial charge in [-0.3, -0.25) is 0 Å². The molecule has 6 nitrogen and oxygen atoms in total. The van der Waals surface area contributed by atoms with Crippen molar-refractivity contribution in [1.29, 1.82) is 0 Å². The van der Waals surface area contributed by atoms with Gasteiger partial charge in [-0.2, -0.15) is 0 Å². The zero-order valence-corrected chi connectivity index (χ0v) is 18.4. The SMILES string of the molecule is C=CCOC(=O)c1ccc2c(c1)c(C)c(C)n2Cc1ccc(Cl)c(O[C@@H](C)C(=O)O)c1. The van der Waals surface area contributed by atoms with Gasteiger partial charge >= 0.3 is 11.9 Å². The van der Waals surface area contributed by atoms with Gasteiger partial charge in [0.25, 0.3) is 0 Å². The molecule has 0 saturated carbocycles. The molecule has 0 unspecified atom stereocenters. The molecule has 0 saturated heterocycles. The normalized spacial score (nSPS) is 11.9. The number of rotatable bonds is 8. The second-order valence-corrected chi connectivity index (χ2v) is 7.69. The molecule has 0 radical (unpaired) electrons. The molecule has 1 aromatic heterocycles. The quantitative estimate of drug-likeness (QED) is 0.386. The van der Waals surface area contributed by atoms with Crippen LogP contribution in [0.15, 0.2) is 49.1 Å². The van der Waals surface area contributed by atoms with Crippen LogP contribution in [0.2, 0.25) is 5.02 Å². The molecule has 3 rings (SSSR count). The Hall–Kier alpha value is -3.25. The summed E-state index contributed by atoms with van der Waals surface area (Å²) < 4.78 is 12.8. The number of carbonyl (C=O) groups excluding carboxylic acids is 1. The molecule has 1 N–H and O–H groups in total. The Bertz CT molecular complexity index is 1160. The van der Waals surface area contributed by atoms with E-state index in [1.54, 1.807) is 18.2 Å². The average Bonchev–Trinajstić information content (AvgIpc) is 2.98. The van der Waals surface area contributed by atoms with Crippen LogP contribution in [0.3, 0.4) is 0 Å². The molecule has 3 aromatic rings. The zero-order valence-electron chi connectivity index (χ0n) is 17.6. The number of halogens is 1. The third-order valence-corrected chi connectivity index (χ3v) is 5.51. The van der Waals surface area contributed by atoms with Gasteiger partial charge in [-0.25, -0.2) is 9.59 Å². The van der Waals surface area contributed by atoms with Gasteiger partial charge in [-0.05, 0) is 62.2 Å². The minimum Gasteiger partial charge on any atom is -0.479 e. The van der Waals surface area contributed by atoms with Gasteiger partial charge in [0, 0.05) is 23.1 Å². The molecule has 2 aromatic carbocycles. The largest absolute Gasteiger partial charge is 0.479 e. The number of hydrogen-bond acceptors (Lipinski definition) is 4. The lowest BCUT2D eigenvalue weighted by Gasteiger charge is -2.14. The number of aliphatic carboxylic acids is 1. The summed E-state index contributed by atoms with van der Waals surface area (Å²) in [5, 5.41) is 10.4. The number of carboxylic acids is 1. The lowest BCUT2D eigenvalue weighted by molar-refractivity contribution is -0.144. The van der Waals surface area contributed by atoms with E-state index in [1.807, 2.05) is 32.0 Å². The minimum atomic E-state index is -1.06. The highest BCUT2D eigenvalue weighted by Gasteiger charge is 2.17. The van der Waals surface area contributed by atoms with Gasteiger partial charge in [-0.15, -0.1) is 0 Å². The Morgan fingerprint density at radius 3 is 2.65 bits per heavy atom. The van der Waals surface area contributed by atoms with E-state index in [9.17, 15) is 9.59 Å². The summed E-state index contributed by atoms with van der Waals surface area (Å²) in [6, 6.07) is 10.8. The van der Waals surface area contributed by atoms with Crippen LogP contribution in [0.1, 0.15) is 34.1 Å². The van der Waals surface area contributed by atoms with Crippen molar-refractivity contribution in [1.82, 2.24) is 4.57 Å². The number of aryl methyl sites for hydroxylation is 1. The lowest BCUT2D eigenvalue weighted by Crippen LogP contribution is -2.23. The Kier molecular flexibility index (Phi) is 6.71. The standard InChI is InChI=1S/C24H24ClNO5/c1-5-10-30-24(29)18-7-9-21-19(12-18)14(2)15(3)26(21)13-17-6-8-20(25)22(11-17)31-16(4)23(27)28/h5-9,11-12,16H,1,10,13H2,2-4H3,(H,27,28)/t16-/m0/s1. The molecule has 0 spiro atoms. The van der Waals surface area contributed by atoms with Gasteiger partial charge in [-0.1, -0.05) is 30.3 Å². The third kappa shape index (κ3) is 4.75. The molecule has 0 aliphatic rings. The van der Waals surface area contributed by atoms with E-state index in [4.69, 9.17) is 26.2 Å². The molecule has 0 aliphatic heterocycles. The second kappa shape index (κ2) is 9.27. The van der Waals surface area contributed by atoms with Crippen molar-refractivity contribution in [3.05, 3.63) is 76.5 Å². The predicted octanol–water partition coefficient (Wildman–Crippen LogP) is 5.15. The van der Waals surface area contributed by atoms with E-state index >= 15 is 0 Å². The molecule has 0 bridgehead atoms. The fourth-order valence-electron chi connectivity index (χ4n) is 3.36. The molecule has 1 heterocycles. The molecular formula is C24H24ClNO5. The van der Waals surface area contributed by atoms with Gasteiger partial charge in [0.15, 0.2) is 6.10 Å². The highest BCUT2D eigenvalue weighted by Crippen LogP contribution is 2.30. The topological polar surface area (TPSA) is 77.8 Å². The zero-order chi connectivity index (χ0) is 22.7. The van der Waals surface area contributed by atoms with E-state index < -0.39 is 18.0 Å². The number of carboxylic acid groups (broad SMARTS) is 1. The van der Waals surface area contributed by atoms with Crippen LogP contribution in [0.4, 0.5) is 0 Å². The maximum Gasteiger partial charge on any atom is 0.344 e. The number of esters is 1. The molecule has 162 valence electrons. The van der Waals surface area contributed by atoms with Crippen LogP contribution in [0.5, 0.6) is 5.75 Å². The summed E-state index contributed by atoms with van der Waals surface area (Å²) in [5.41, 5.74) is 4.50. The van der Waals surface area contributed by atoms with Crippen LogP contribution >= 0.6 is 11.6 Å². The summed E-state index contributed by atoms with van der Waals surface area (Å²) in [4.78, 5) is 23.3. The van der Waals surface area contributed by atoms with Crippen molar-refractivity contribution in [2.45, 2.75) is 33.4 Å². The number of benzene rings is 2. The van der Waals surface area contributed by atoms with E-state index in [1.165, 1.54) is 13.0 Å². The summed E-state index contributed by atoms with van der Waals surface area (Å²) in [6.45, 7) is 9.74. The first-order valence-corrected chi connectivity index (χ1v) is 10.2. The number of aromatic nitrogens is 1. The first-order chi connectivity index (χ1) is 14.7. The first-order valence-electron chi connectivity index (χ1n) is 9.78. The Morgan fingerprint density at radius 1 is 1.23 bits per heavy atom. The summed E-state index contributed by atoms with van der Waals surface area (Å²) >= 11 is 6.19. The van der Waals surface area contributed by atoms with Crippen molar-refractivity contribution in [2.24, 2.45) is 0 Å². The van der Waals surface area contributed by atoms with E-state index in [-0.39, 0.29) is 6.61 Å². The average molecular weight is 442 g/mol. The van der Waals surface area contributed by atoms with Gasteiger partial charge < -0.3 is 19.1 Å². The van der Waals surface area contributed by atoms with Crippen molar-refractivity contribution in [2.75, 3.05) is 6.61 Å². The minimum absolute atomic E-state index is 0.164. The fraction of sp³-hybridized carbons (Fsp3) is 0.250. The smallest absolute Gasteiger partial charge is 0.344 e. The Balaban J connectivity index is 1.95. The lowest BCUT2D eigenvalue weighted by atomic mass is 10.1. The number of nitrogens with zero attached hydrogens (tertiary/aromatic N) is 1. The monoisotopic (exact) mass is 441 g/mol. The molecule has 31 heavy (non-hydrogen) atoms. The third-order valence-electron chi connectivity index (χ3n) is 5.19. The number of ether oxygens (including phenoxy) is 2. The summed E-state index contributed by atoms with van der Waals surface area (Å²) in [6.07, 6.45) is 0.521. The van der Waals surface area contributed by atoms with E-state index in [0.717, 1.165) is 27.7 Å². The molecule has 7 heteroatoms. The fourth-order valence-corrected chi connectivity index (χ4v) is 3.52. The van der Waals surface area contributed by atoms with Crippen LogP contribution in [-0.2, 0) is 16.1 Å². The highest BCUT2D eigenvalue weighted by molar-refractivity contribution is 6.32. The molecule has 0 amide bonds. The maximum absolute atomic E-state index is 12.2. The van der Waals surface area contributed by atoms with Crippen LogP contribution < -0.4 is 4.74 Å². The van der Waals surface area contributed by atoms with Crippen molar-refractivity contribution in [3.8, 4) is 5.75 Å². The Labute approximate surface area is 185 Å². The molecule has 0 fully saturated rings. The summed E-state index contributed by atoms with van der Waals surface area (Å²) in [5.74, 6) is -1.13. The number of hydrogen-bond donors (Lipinski definition) is 1. The number of carbonyl (C=O) groups is 2. The molecular weight excluding hydrogens is 418 g/mol. The van der Waals surface area contributed by atoms with Crippen LogP contribution in [-0.4, -0.2) is 34.3 Å². The number of fused-ring (bicyclic) bond motifs is 1.